The van der Waals surface area contributed by atoms with Gasteiger partial charge in [0.2, 0.25) is 0 Å². The summed E-state index contributed by atoms with van der Waals surface area (Å²) in [5.74, 6) is -2.63. The Hall–Kier alpha value is -3.43. The van der Waals surface area contributed by atoms with Gasteiger partial charge in [0.25, 0.3) is 5.91 Å². The third-order valence-electron chi connectivity index (χ3n) is 4.70. The first-order valence-electron chi connectivity index (χ1n) is 8.78. The van der Waals surface area contributed by atoms with Crippen molar-refractivity contribution >= 4 is 23.3 Å². The Bertz CT molecular complexity index is 978. The highest BCUT2D eigenvalue weighted by Crippen LogP contribution is 2.36. The van der Waals surface area contributed by atoms with Gasteiger partial charge in [-0.1, -0.05) is 12.1 Å². The Labute approximate surface area is 163 Å². The maximum atomic E-state index is 12.3. The zero-order chi connectivity index (χ0) is 20.6. The van der Waals surface area contributed by atoms with Crippen LogP contribution in [-0.2, 0) is 22.7 Å². The molecular weight excluding hydrogens is 391 g/mol. The molecule has 2 N–H and O–H groups in total. The van der Waals surface area contributed by atoms with Gasteiger partial charge in [0, 0.05) is 30.9 Å². The second-order valence-electron chi connectivity index (χ2n) is 6.57. The molecule has 0 saturated heterocycles. The Kier molecular flexibility index (Phi) is 4.69. The predicted molar refractivity (Wildman–Crippen MR) is 96.4 cm³/mol. The molecule has 0 fully saturated rings. The first-order valence-corrected chi connectivity index (χ1v) is 8.78. The van der Waals surface area contributed by atoms with E-state index >= 15 is 0 Å². The van der Waals surface area contributed by atoms with E-state index in [0.29, 0.717) is 31.8 Å². The molecule has 0 spiro atoms. The number of nitrogens with one attached hydrogen (secondary N) is 2. The van der Waals surface area contributed by atoms with Crippen LogP contribution in [0.1, 0.15) is 21.5 Å². The first kappa shape index (κ1) is 18.9. The minimum atomic E-state index is -5.19. The van der Waals surface area contributed by atoms with Crippen molar-refractivity contribution in [3.63, 3.8) is 0 Å². The lowest BCUT2D eigenvalue weighted by atomic mass is 10.0. The van der Waals surface area contributed by atoms with Crippen LogP contribution >= 0.6 is 0 Å². The number of halogens is 3. The summed E-state index contributed by atoms with van der Waals surface area (Å²) in [7, 11) is 0. The van der Waals surface area contributed by atoms with Crippen LogP contribution in [0.25, 0.3) is 0 Å². The lowest BCUT2D eigenvalue weighted by molar-refractivity contribution is -0.204. The third-order valence-corrected chi connectivity index (χ3v) is 4.70. The number of hydrogen-bond acceptors (Lipinski definition) is 6. The van der Waals surface area contributed by atoms with Crippen molar-refractivity contribution < 1.29 is 32.3 Å². The molecule has 152 valence electrons. The average molecular weight is 407 g/mol. The Morgan fingerprint density at radius 2 is 2.00 bits per heavy atom. The number of benzene rings is 2. The maximum Gasteiger partial charge on any atom is 0.493 e. The number of ether oxygens (including phenoxy) is 1. The van der Waals surface area contributed by atoms with E-state index in [1.54, 1.807) is 11.5 Å². The topological polar surface area (TPSA) is 79.9 Å². The molecule has 0 aromatic heterocycles. The Morgan fingerprint density at radius 1 is 1.17 bits per heavy atom. The highest BCUT2D eigenvalue weighted by atomic mass is 19.4. The number of alkyl halides is 3. The number of hydroxylamine groups is 1. The number of amides is 1. The van der Waals surface area contributed by atoms with E-state index in [1.165, 1.54) is 6.07 Å². The minimum absolute atomic E-state index is 0.152. The summed E-state index contributed by atoms with van der Waals surface area (Å²) in [5, 5.41) is 3.26. The van der Waals surface area contributed by atoms with Crippen molar-refractivity contribution in [3.8, 4) is 5.75 Å². The molecule has 2 aliphatic rings. The molecule has 10 heteroatoms. The van der Waals surface area contributed by atoms with Crippen LogP contribution in [0.3, 0.4) is 0 Å². The predicted octanol–water partition coefficient (Wildman–Crippen LogP) is 2.76. The lowest BCUT2D eigenvalue weighted by Gasteiger charge is -2.23. The molecule has 4 rings (SSSR count). The summed E-state index contributed by atoms with van der Waals surface area (Å²) < 4.78 is 42.3. The van der Waals surface area contributed by atoms with E-state index in [2.05, 4.69) is 10.2 Å². The van der Waals surface area contributed by atoms with Crippen LogP contribution in [-0.4, -0.2) is 31.2 Å². The zero-order valence-electron chi connectivity index (χ0n) is 15.0. The smallest absolute Gasteiger partial charge is 0.490 e. The number of nitrogens with zero attached hydrogens (tertiary/aromatic N) is 1. The van der Waals surface area contributed by atoms with Gasteiger partial charge in [-0.25, -0.2) is 4.79 Å². The molecule has 2 aromatic carbocycles. The third kappa shape index (κ3) is 3.78. The number of fused-ring (bicyclic) bond motifs is 2. The van der Waals surface area contributed by atoms with Gasteiger partial charge in [0.05, 0.1) is 5.69 Å². The van der Waals surface area contributed by atoms with Crippen LogP contribution in [0.4, 0.5) is 24.5 Å². The van der Waals surface area contributed by atoms with E-state index in [9.17, 15) is 22.8 Å². The quantitative estimate of drug-likeness (QED) is 0.746. The molecule has 1 amide bonds. The van der Waals surface area contributed by atoms with Crippen LogP contribution in [0, 0.1) is 0 Å². The summed E-state index contributed by atoms with van der Waals surface area (Å²) in [6.45, 7) is 2.21. The number of anilines is 2. The second-order valence-corrected chi connectivity index (χ2v) is 6.57. The molecule has 0 saturated carbocycles. The molecular formula is C19H16F3N3O4. The maximum absolute atomic E-state index is 12.3. The van der Waals surface area contributed by atoms with Gasteiger partial charge in [-0.05, 0) is 35.4 Å². The van der Waals surface area contributed by atoms with Gasteiger partial charge in [-0.3, -0.25) is 4.79 Å². The van der Waals surface area contributed by atoms with E-state index in [1.807, 2.05) is 29.2 Å². The van der Waals surface area contributed by atoms with Gasteiger partial charge in [-0.15, -0.1) is 0 Å². The fraction of sp³-hybridized carbons (Fsp3) is 0.263. The molecule has 0 bridgehead atoms. The fourth-order valence-corrected chi connectivity index (χ4v) is 3.35. The molecule has 0 atom stereocenters. The Balaban J connectivity index is 1.50. The van der Waals surface area contributed by atoms with Gasteiger partial charge >= 0.3 is 12.1 Å². The highest BCUT2D eigenvalue weighted by molar-refractivity contribution is 5.96. The summed E-state index contributed by atoms with van der Waals surface area (Å²) in [6, 6.07) is 10.7. The van der Waals surface area contributed by atoms with Crippen molar-refractivity contribution in [1.82, 2.24) is 5.48 Å². The molecule has 29 heavy (non-hydrogen) atoms. The lowest BCUT2D eigenvalue weighted by Crippen LogP contribution is -2.35. The van der Waals surface area contributed by atoms with Crippen molar-refractivity contribution in [1.29, 1.82) is 0 Å². The van der Waals surface area contributed by atoms with Crippen molar-refractivity contribution in [3.05, 3.63) is 53.1 Å². The first-order chi connectivity index (χ1) is 13.8. The molecule has 7 nitrogen and oxygen atoms in total. The van der Waals surface area contributed by atoms with Gasteiger partial charge in [-0.2, -0.15) is 18.7 Å². The number of hydrogen-bond donors (Lipinski definition) is 2. The van der Waals surface area contributed by atoms with Gasteiger partial charge in [0.1, 0.15) is 12.4 Å². The van der Waals surface area contributed by atoms with E-state index in [-0.39, 0.29) is 5.56 Å². The summed E-state index contributed by atoms with van der Waals surface area (Å²) in [4.78, 5) is 29.0. The van der Waals surface area contributed by atoms with Crippen LogP contribution in [0.15, 0.2) is 36.4 Å². The summed E-state index contributed by atoms with van der Waals surface area (Å²) >= 11 is 0. The van der Waals surface area contributed by atoms with Crippen LogP contribution < -0.4 is 20.4 Å². The van der Waals surface area contributed by atoms with E-state index < -0.39 is 18.1 Å². The largest absolute Gasteiger partial charge is 0.493 e. The Morgan fingerprint density at radius 3 is 2.79 bits per heavy atom. The van der Waals surface area contributed by atoms with E-state index in [0.717, 1.165) is 22.7 Å². The molecule has 0 radical (unpaired) electrons. The number of rotatable bonds is 2. The van der Waals surface area contributed by atoms with Gasteiger partial charge in [0.15, 0.2) is 0 Å². The SMILES string of the molecule is O=C(NOC(=O)C(F)(F)F)c1cccc2c1CN(c1ccc3c(c1)NCCO3)C2. The fourth-order valence-electron chi connectivity index (χ4n) is 3.35. The molecule has 0 unspecified atom stereocenters. The number of carbonyl (C=O) groups is 2. The molecule has 0 aliphatic carbocycles. The zero-order valence-corrected chi connectivity index (χ0v) is 15.0. The number of carbonyl (C=O) groups excluding carboxylic acids is 2. The molecule has 2 heterocycles. The van der Waals surface area contributed by atoms with Crippen molar-refractivity contribution in [2.24, 2.45) is 0 Å². The molecule has 2 aromatic rings. The normalized spacial score (nSPS) is 14.9. The highest BCUT2D eigenvalue weighted by Gasteiger charge is 2.42. The summed E-state index contributed by atoms with van der Waals surface area (Å²) in [5.41, 5.74) is 5.04. The monoisotopic (exact) mass is 407 g/mol. The van der Waals surface area contributed by atoms with Gasteiger partial charge < -0.3 is 19.8 Å². The summed E-state index contributed by atoms with van der Waals surface area (Å²) in [6.07, 6.45) is -5.19. The molecule has 2 aliphatic heterocycles. The standard InChI is InChI=1S/C19H16F3N3O4/c20-19(21,22)18(27)29-24-17(26)13-3-1-2-11-9-25(10-14(11)13)12-4-5-16-15(8-12)23-6-7-28-16/h1-5,8,23H,6-7,9-10H2,(H,24,26). The van der Waals surface area contributed by atoms with Crippen molar-refractivity contribution in [2.45, 2.75) is 19.3 Å². The minimum Gasteiger partial charge on any atom is -0.490 e. The van der Waals surface area contributed by atoms with E-state index in [4.69, 9.17) is 4.74 Å². The van der Waals surface area contributed by atoms with Crippen LogP contribution in [0.2, 0.25) is 0 Å². The average Bonchev–Trinajstić information content (AvgIpc) is 3.15. The van der Waals surface area contributed by atoms with Crippen LogP contribution in [0.5, 0.6) is 5.75 Å². The second kappa shape index (κ2) is 7.19. The van der Waals surface area contributed by atoms with Crippen molar-refractivity contribution in [2.75, 3.05) is 23.4 Å².